The van der Waals surface area contributed by atoms with Gasteiger partial charge in [-0.2, -0.15) is 0 Å². The Morgan fingerprint density at radius 1 is 0.288 bits per heavy atom. The molecule has 326 valence electrons. The lowest BCUT2D eigenvalue weighted by Crippen LogP contribution is -2.13. The second-order valence-corrected chi connectivity index (χ2v) is 19.3. The van der Waals surface area contributed by atoms with E-state index in [2.05, 4.69) is 259 Å². The monoisotopic (exact) mass is 856 g/mol. The predicted molar refractivity (Wildman–Crippen MR) is 287 cm³/mol. The summed E-state index contributed by atoms with van der Waals surface area (Å²) in [4.78, 5) is 5.05. The van der Waals surface area contributed by atoms with Crippen molar-refractivity contribution in [3.8, 4) is 22.3 Å². The quantitative estimate of drug-likeness (QED) is 0.113. The summed E-state index contributed by atoms with van der Waals surface area (Å²) in [7, 11) is 0. The first-order chi connectivity index (χ1) is 32.1. The van der Waals surface area contributed by atoms with Gasteiger partial charge in [0.05, 0.1) is 22.7 Å². The summed E-state index contributed by atoms with van der Waals surface area (Å²) in [6, 6.07) is 72.8. The lowest BCUT2D eigenvalue weighted by atomic mass is 9.83. The average Bonchev–Trinajstić information content (AvgIpc) is 3.34. The van der Waals surface area contributed by atoms with E-state index in [4.69, 9.17) is 0 Å². The average molecular weight is 857 g/mol. The van der Waals surface area contributed by atoms with E-state index in [-0.39, 0.29) is 11.8 Å². The Kier molecular flexibility index (Phi) is 11.5. The Labute approximate surface area is 392 Å². The van der Waals surface area contributed by atoms with Crippen molar-refractivity contribution in [1.29, 1.82) is 0 Å². The molecule has 0 aliphatic rings. The molecular weight excluding hydrogens is 797 g/mol. The molecule has 0 atom stereocenters. The lowest BCUT2D eigenvalue weighted by Gasteiger charge is -2.32. The standard InChI is InChI=1S/C64H60N2/c1-41(2)45-27-31-49(32-28-45)65(59-25-17-15-23-51(59)47-19-11-9-12-20-47)61-37-35-53-56(44(7)8)40-58-62(38-36-54-55(43(5)6)39-57(61)63(53)64(54)58)66(50-33-29-46(30-34-50)42(3)4)60-26-18-16-24-52(60)48-21-13-10-14-22-48/h9-44H,1-8H3. The highest BCUT2D eigenvalue weighted by Gasteiger charge is 2.27. The molecule has 2 heteroatoms. The number of hydrogen-bond donors (Lipinski definition) is 0. The van der Waals surface area contributed by atoms with E-state index >= 15 is 0 Å². The topological polar surface area (TPSA) is 6.48 Å². The molecule has 10 aromatic carbocycles. The Morgan fingerprint density at radius 2 is 0.636 bits per heavy atom. The molecule has 0 N–H and O–H groups in total. The molecule has 0 aromatic heterocycles. The molecule has 0 aliphatic carbocycles. The van der Waals surface area contributed by atoms with Gasteiger partial charge in [0.1, 0.15) is 0 Å². The Balaban J connectivity index is 1.32. The largest absolute Gasteiger partial charge is 0.309 e. The number of hydrogen-bond acceptors (Lipinski definition) is 2. The van der Waals surface area contributed by atoms with E-state index in [0.717, 1.165) is 22.7 Å². The fourth-order valence-electron chi connectivity index (χ4n) is 10.2. The maximum absolute atomic E-state index is 2.53. The third-order valence-corrected chi connectivity index (χ3v) is 13.7. The highest BCUT2D eigenvalue weighted by molar-refractivity contribution is 6.30. The molecule has 0 fully saturated rings. The third-order valence-electron chi connectivity index (χ3n) is 13.7. The number of rotatable bonds is 12. The van der Waals surface area contributed by atoms with E-state index in [9.17, 15) is 0 Å². The molecular formula is C64H60N2. The van der Waals surface area contributed by atoms with Gasteiger partial charge in [0.25, 0.3) is 0 Å². The summed E-state index contributed by atoms with van der Waals surface area (Å²) in [5.41, 5.74) is 17.1. The first kappa shape index (κ1) is 42.8. The number of para-hydroxylation sites is 2. The van der Waals surface area contributed by atoms with Gasteiger partial charge in [0.15, 0.2) is 0 Å². The molecule has 66 heavy (non-hydrogen) atoms. The van der Waals surface area contributed by atoms with Crippen LogP contribution in [0.5, 0.6) is 0 Å². The summed E-state index contributed by atoms with van der Waals surface area (Å²) in [5, 5.41) is 7.81. The molecule has 0 amide bonds. The molecule has 0 aliphatic heterocycles. The van der Waals surface area contributed by atoms with Crippen LogP contribution in [0.3, 0.4) is 0 Å². The van der Waals surface area contributed by atoms with E-state index in [1.807, 2.05) is 0 Å². The molecule has 0 bridgehead atoms. The molecule has 0 radical (unpaired) electrons. The first-order valence-electron chi connectivity index (χ1n) is 24.0. The minimum atomic E-state index is 0.286. The van der Waals surface area contributed by atoms with Gasteiger partial charge < -0.3 is 9.80 Å². The minimum Gasteiger partial charge on any atom is -0.309 e. The zero-order valence-corrected chi connectivity index (χ0v) is 39.7. The molecule has 0 saturated carbocycles. The smallest absolute Gasteiger partial charge is 0.0541 e. The zero-order chi connectivity index (χ0) is 45.6. The third kappa shape index (κ3) is 7.59. The Hall–Kier alpha value is -7.16. The minimum absolute atomic E-state index is 0.286. The van der Waals surface area contributed by atoms with Crippen LogP contribution in [0.2, 0.25) is 0 Å². The molecule has 2 nitrogen and oxygen atoms in total. The Morgan fingerprint density at radius 3 is 0.985 bits per heavy atom. The van der Waals surface area contributed by atoms with Crippen molar-refractivity contribution in [2.24, 2.45) is 0 Å². The molecule has 0 saturated heterocycles. The van der Waals surface area contributed by atoms with Crippen LogP contribution < -0.4 is 9.80 Å². The van der Waals surface area contributed by atoms with Crippen molar-refractivity contribution in [2.45, 2.75) is 79.1 Å². The van der Waals surface area contributed by atoms with Crippen molar-refractivity contribution in [1.82, 2.24) is 0 Å². The van der Waals surface area contributed by atoms with Gasteiger partial charge in [-0.1, -0.05) is 189 Å². The molecule has 0 unspecified atom stereocenters. The lowest BCUT2D eigenvalue weighted by molar-refractivity contribution is 0.866. The van der Waals surface area contributed by atoms with Crippen molar-refractivity contribution in [3.05, 3.63) is 216 Å². The summed E-state index contributed by atoms with van der Waals surface area (Å²) in [6.45, 7) is 18.5. The van der Waals surface area contributed by atoms with Crippen LogP contribution in [0.4, 0.5) is 34.1 Å². The maximum atomic E-state index is 2.53. The normalized spacial score (nSPS) is 11.9. The molecule has 10 aromatic rings. The molecule has 10 rings (SSSR count). The van der Waals surface area contributed by atoms with Crippen LogP contribution in [0.25, 0.3) is 54.6 Å². The van der Waals surface area contributed by atoms with E-state index in [1.165, 1.54) is 88.2 Å². The van der Waals surface area contributed by atoms with Crippen molar-refractivity contribution < 1.29 is 0 Å². The van der Waals surface area contributed by atoms with Crippen LogP contribution in [-0.2, 0) is 0 Å². The Bertz CT molecular complexity index is 3060. The van der Waals surface area contributed by atoms with Crippen LogP contribution >= 0.6 is 0 Å². The molecule has 0 spiro atoms. The maximum Gasteiger partial charge on any atom is 0.0541 e. The van der Waals surface area contributed by atoms with E-state index in [0.29, 0.717) is 11.8 Å². The van der Waals surface area contributed by atoms with Crippen LogP contribution in [0, 0.1) is 0 Å². The van der Waals surface area contributed by atoms with Crippen LogP contribution in [0.15, 0.2) is 194 Å². The van der Waals surface area contributed by atoms with Crippen molar-refractivity contribution in [2.75, 3.05) is 9.80 Å². The van der Waals surface area contributed by atoms with Gasteiger partial charge in [-0.3, -0.25) is 0 Å². The summed E-state index contributed by atoms with van der Waals surface area (Å²) in [6.07, 6.45) is 0. The number of benzene rings is 10. The fourth-order valence-corrected chi connectivity index (χ4v) is 10.2. The predicted octanol–water partition coefficient (Wildman–Crippen LogP) is 19.4. The first-order valence-corrected chi connectivity index (χ1v) is 24.0. The highest BCUT2D eigenvalue weighted by atomic mass is 15.2. The van der Waals surface area contributed by atoms with Crippen LogP contribution in [-0.4, -0.2) is 0 Å². The number of nitrogens with zero attached hydrogens (tertiary/aromatic N) is 2. The second-order valence-electron chi connectivity index (χ2n) is 19.3. The van der Waals surface area contributed by atoms with E-state index in [1.54, 1.807) is 0 Å². The van der Waals surface area contributed by atoms with Gasteiger partial charge >= 0.3 is 0 Å². The van der Waals surface area contributed by atoms with Crippen molar-refractivity contribution >= 4 is 66.4 Å². The second kappa shape index (κ2) is 17.7. The summed E-state index contributed by atoms with van der Waals surface area (Å²) in [5.74, 6) is 1.44. The molecule has 0 heterocycles. The highest BCUT2D eigenvalue weighted by Crippen LogP contribution is 2.52. The van der Waals surface area contributed by atoms with Gasteiger partial charge in [0, 0.05) is 33.3 Å². The van der Waals surface area contributed by atoms with Gasteiger partial charge in [-0.05, 0) is 139 Å². The number of anilines is 6. The van der Waals surface area contributed by atoms with Crippen molar-refractivity contribution in [3.63, 3.8) is 0 Å². The van der Waals surface area contributed by atoms with E-state index < -0.39 is 0 Å². The summed E-state index contributed by atoms with van der Waals surface area (Å²) < 4.78 is 0. The summed E-state index contributed by atoms with van der Waals surface area (Å²) >= 11 is 0. The fraction of sp³-hybridized carbons (Fsp3) is 0.188. The zero-order valence-electron chi connectivity index (χ0n) is 39.7. The van der Waals surface area contributed by atoms with Crippen LogP contribution in [0.1, 0.15) is 101 Å². The SMILES string of the molecule is CC(C)c1ccc(N(c2ccccc2-c2ccccc2)c2ccc3c(C(C)C)cc4c(N(c5ccc(C(C)C)cc5)c5ccccc5-c5ccccc5)ccc5c(C(C)C)cc2c3c54)cc1. The van der Waals surface area contributed by atoms with Gasteiger partial charge in [0.2, 0.25) is 0 Å². The van der Waals surface area contributed by atoms with Gasteiger partial charge in [-0.15, -0.1) is 0 Å². The van der Waals surface area contributed by atoms with Gasteiger partial charge in [-0.25, -0.2) is 0 Å².